The molecule has 0 aliphatic carbocycles. The molecule has 1 rings (SSSR count). The van der Waals surface area contributed by atoms with E-state index >= 15 is 0 Å². The first-order valence-corrected chi connectivity index (χ1v) is 5.40. The van der Waals surface area contributed by atoms with Gasteiger partial charge in [0.2, 0.25) is 6.41 Å². The molecule has 0 atom stereocenters. The third-order valence-electron chi connectivity index (χ3n) is 1.95. The number of carbonyl (C=O) groups excluding carboxylic acids is 3. The molecule has 0 fully saturated rings. The Morgan fingerprint density at radius 1 is 1.11 bits per heavy atom. The monoisotopic (exact) mass is 263 g/mol. The number of hydrogen-bond donors (Lipinski definition) is 1. The molecule has 100 valence electrons. The molecule has 6 heteroatoms. The smallest absolute Gasteiger partial charge is 0.308 e. The van der Waals surface area contributed by atoms with E-state index in [4.69, 9.17) is 9.47 Å². The first kappa shape index (κ1) is 14.4. The van der Waals surface area contributed by atoms with Gasteiger partial charge in [0.1, 0.15) is 11.5 Å². The Kier molecular flexibility index (Phi) is 5.28. The molecule has 19 heavy (non-hydrogen) atoms. The minimum atomic E-state index is -0.502. The normalized spacial score (nSPS) is 10.0. The molecule has 0 aromatic heterocycles. The fraction of sp³-hybridized carbons (Fsp3) is 0.154. The van der Waals surface area contributed by atoms with Crippen LogP contribution in [0.5, 0.6) is 11.5 Å². The Morgan fingerprint density at radius 3 is 2.05 bits per heavy atom. The van der Waals surface area contributed by atoms with Crippen molar-refractivity contribution in [3.63, 3.8) is 0 Å². The van der Waals surface area contributed by atoms with Gasteiger partial charge in [0, 0.05) is 20.0 Å². The zero-order valence-corrected chi connectivity index (χ0v) is 10.5. The summed E-state index contributed by atoms with van der Waals surface area (Å²) in [7, 11) is 0. The van der Waals surface area contributed by atoms with Gasteiger partial charge in [0.15, 0.2) is 0 Å². The Morgan fingerprint density at radius 2 is 1.63 bits per heavy atom. The van der Waals surface area contributed by atoms with Gasteiger partial charge in [-0.25, -0.2) is 0 Å². The van der Waals surface area contributed by atoms with Gasteiger partial charge in [0.25, 0.3) is 0 Å². The van der Waals surface area contributed by atoms with Crippen molar-refractivity contribution in [1.82, 2.24) is 5.32 Å². The van der Waals surface area contributed by atoms with Crippen molar-refractivity contribution in [3.8, 4) is 11.5 Å². The quantitative estimate of drug-likeness (QED) is 0.491. The molecular formula is C13H13NO5. The second kappa shape index (κ2) is 6.95. The van der Waals surface area contributed by atoms with Gasteiger partial charge in [-0.3, -0.25) is 14.4 Å². The summed E-state index contributed by atoms with van der Waals surface area (Å²) >= 11 is 0. The van der Waals surface area contributed by atoms with Crippen molar-refractivity contribution in [2.24, 2.45) is 0 Å². The maximum atomic E-state index is 11.0. The fourth-order valence-corrected chi connectivity index (χ4v) is 1.35. The molecule has 0 unspecified atom stereocenters. The molecule has 0 spiro atoms. The number of esters is 2. The van der Waals surface area contributed by atoms with Crippen LogP contribution in [0.4, 0.5) is 0 Å². The Hall–Kier alpha value is -2.63. The van der Waals surface area contributed by atoms with E-state index in [0.29, 0.717) is 12.0 Å². The third kappa shape index (κ3) is 4.63. The lowest BCUT2D eigenvalue weighted by molar-refractivity contribution is -0.132. The zero-order valence-electron chi connectivity index (χ0n) is 10.5. The fourth-order valence-electron chi connectivity index (χ4n) is 1.35. The highest BCUT2D eigenvalue weighted by Crippen LogP contribution is 2.30. The van der Waals surface area contributed by atoms with E-state index in [-0.39, 0.29) is 11.5 Å². The molecule has 0 bridgehead atoms. The van der Waals surface area contributed by atoms with Crippen molar-refractivity contribution in [1.29, 1.82) is 0 Å². The summed E-state index contributed by atoms with van der Waals surface area (Å²) in [6.07, 6.45) is 3.28. The standard InChI is InChI=1S/C13H13NO5/c1-9(16)18-12-4-3-5-13(19-10(2)17)11(12)6-7-14-8-15/h3-8H,1-2H3,(H,14,15)/b7-6+. The van der Waals surface area contributed by atoms with Crippen molar-refractivity contribution in [2.75, 3.05) is 0 Å². The first-order valence-electron chi connectivity index (χ1n) is 5.40. The second-order valence-electron chi connectivity index (χ2n) is 3.47. The summed E-state index contributed by atoms with van der Waals surface area (Å²) in [6.45, 7) is 2.52. The zero-order chi connectivity index (χ0) is 14.3. The molecule has 0 saturated carbocycles. The van der Waals surface area contributed by atoms with Gasteiger partial charge in [-0.1, -0.05) is 6.07 Å². The van der Waals surface area contributed by atoms with E-state index in [2.05, 4.69) is 5.32 Å². The largest absolute Gasteiger partial charge is 0.426 e. The van der Waals surface area contributed by atoms with Gasteiger partial charge in [-0.05, 0) is 18.2 Å². The topological polar surface area (TPSA) is 81.7 Å². The lowest BCUT2D eigenvalue weighted by Crippen LogP contribution is -2.07. The number of nitrogens with one attached hydrogen (secondary N) is 1. The number of hydrogen-bond acceptors (Lipinski definition) is 5. The molecule has 0 heterocycles. The lowest BCUT2D eigenvalue weighted by Gasteiger charge is -2.10. The van der Waals surface area contributed by atoms with Crippen molar-refractivity contribution in [3.05, 3.63) is 30.0 Å². The van der Waals surface area contributed by atoms with Crippen LogP contribution in [-0.4, -0.2) is 18.3 Å². The summed E-state index contributed by atoms with van der Waals surface area (Å²) in [4.78, 5) is 32.2. The maximum Gasteiger partial charge on any atom is 0.308 e. The van der Waals surface area contributed by atoms with Crippen molar-refractivity contribution >= 4 is 24.4 Å². The van der Waals surface area contributed by atoms with Crippen LogP contribution in [0.25, 0.3) is 6.08 Å². The number of rotatable bonds is 5. The number of ether oxygens (including phenoxy) is 2. The Bertz CT molecular complexity index is 488. The van der Waals surface area contributed by atoms with E-state index in [1.54, 1.807) is 18.2 Å². The van der Waals surface area contributed by atoms with Gasteiger partial charge in [0.05, 0.1) is 5.56 Å². The van der Waals surface area contributed by atoms with E-state index in [1.807, 2.05) is 0 Å². The van der Waals surface area contributed by atoms with Crippen LogP contribution in [0, 0.1) is 0 Å². The number of carbonyl (C=O) groups is 3. The summed E-state index contributed by atoms with van der Waals surface area (Å²) < 4.78 is 10.0. The van der Waals surface area contributed by atoms with E-state index < -0.39 is 11.9 Å². The second-order valence-corrected chi connectivity index (χ2v) is 3.47. The highest BCUT2D eigenvalue weighted by atomic mass is 16.5. The summed E-state index contributed by atoms with van der Waals surface area (Å²) in [5, 5.41) is 2.32. The molecule has 1 aromatic rings. The molecule has 6 nitrogen and oxygen atoms in total. The average Bonchev–Trinajstić information content (AvgIpc) is 2.31. The predicted molar refractivity (Wildman–Crippen MR) is 67.3 cm³/mol. The number of amides is 1. The maximum absolute atomic E-state index is 11.0. The molecule has 0 aliphatic rings. The lowest BCUT2D eigenvalue weighted by atomic mass is 10.1. The number of benzene rings is 1. The third-order valence-corrected chi connectivity index (χ3v) is 1.95. The van der Waals surface area contributed by atoms with Crippen LogP contribution in [0.3, 0.4) is 0 Å². The van der Waals surface area contributed by atoms with E-state index in [0.717, 1.165) is 0 Å². The van der Waals surface area contributed by atoms with Gasteiger partial charge in [-0.2, -0.15) is 0 Å². The SMILES string of the molecule is CC(=O)Oc1cccc(OC(C)=O)c1/C=C/NC=O. The average molecular weight is 263 g/mol. The van der Waals surface area contributed by atoms with Crippen LogP contribution in [0.15, 0.2) is 24.4 Å². The van der Waals surface area contributed by atoms with Gasteiger partial charge >= 0.3 is 11.9 Å². The molecule has 0 radical (unpaired) electrons. The van der Waals surface area contributed by atoms with Crippen molar-refractivity contribution < 1.29 is 23.9 Å². The minimum Gasteiger partial charge on any atom is -0.426 e. The highest BCUT2D eigenvalue weighted by Gasteiger charge is 2.11. The minimum absolute atomic E-state index is 0.232. The van der Waals surface area contributed by atoms with Crippen LogP contribution in [-0.2, 0) is 14.4 Å². The van der Waals surface area contributed by atoms with Crippen LogP contribution < -0.4 is 14.8 Å². The Balaban J connectivity index is 3.18. The predicted octanol–water partition coefficient (Wildman–Crippen LogP) is 1.25. The van der Waals surface area contributed by atoms with Gasteiger partial charge in [-0.15, -0.1) is 0 Å². The van der Waals surface area contributed by atoms with Crippen LogP contribution in [0.1, 0.15) is 19.4 Å². The molecule has 0 saturated heterocycles. The summed E-state index contributed by atoms with van der Waals surface area (Å²) in [6, 6.07) is 4.69. The van der Waals surface area contributed by atoms with Crippen LogP contribution in [0.2, 0.25) is 0 Å². The molecule has 1 aromatic carbocycles. The van der Waals surface area contributed by atoms with E-state index in [1.165, 1.54) is 26.1 Å². The molecular weight excluding hydrogens is 250 g/mol. The van der Waals surface area contributed by atoms with Crippen molar-refractivity contribution in [2.45, 2.75) is 13.8 Å². The molecule has 1 N–H and O–H groups in total. The first-order chi connectivity index (χ1) is 9.04. The highest BCUT2D eigenvalue weighted by molar-refractivity contribution is 5.76. The summed E-state index contributed by atoms with van der Waals surface area (Å²) in [5.74, 6) is -0.540. The molecule has 0 aliphatic heterocycles. The molecule has 1 amide bonds. The van der Waals surface area contributed by atoms with Gasteiger partial charge < -0.3 is 14.8 Å². The Labute approximate surface area is 110 Å². The van der Waals surface area contributed by atoms with Crippen LogP contribution >= 0.6 is 0 Å². The van der Waals surface area contributed by atoms with E-state index in [9.17, 15) is 14.4 Å². The summed E-state index contributed by atoms with van der Waals surface area (Å²) in [5.41, 5.74) is 0.377.